The fourth-order valence-electron chi connectivity index (χ4n) is 4.30. The van der Waals surface area contributed by atoms with E-state index >= 15 is 0 Å². The van der Waals surface area contributed by atoms with E-state index in [1.807, 2.05) is 55.5 Å². The maximum atomic E-state index is 13.9. The van der Waals surface area contributed by atoms with Crippen LogP contribution in [0.3, 0.4) is 0 Å². The molecule has 0 spiro atoms. The standard InChI is InChI=1S/C27H22FNO3/c1-15(2)17-6-8-18(9-7-17)24-23-25(30)21-14-19(28)10-13-22(21)32-26(23)27(31)29(24)20-11-4-16(3)5-12-20/h4-15,24H,1-3H3. The first kappa shape index (κ1) is 20.2. The second kappa shape index (κ2) is 7.45. The van der Waals surface area contributed by atoms with Crippen molar-refractivity contribution in [2.24, 2.45) is 0 Å². The molecule has 0 bridgehead atoms. The summed E-state index contributed by atoms with van der Waals surface area (Å²) in [5.74, 6) is -0.549. The first-order chi connectivity index (χ1) is 15.3. The van der Waals surface area contributed by atoms with Crippen LogP contribution in [0, 0.1) is 12.7 Å². The number of benzene rings is 3. The Kier molecular flexibility index (Phi) is 4.70. The summed E-state index contributed by atoms with van der Waals surface area (Å²) in [5, 5.41) is 0.131. The minimum absolute atomic E-state index is 0.00705. The molecule has 2 heterocycles. The molecule has 5 heteroatoms. The minimum atomic E-state index is -0.662. The molecule has 1 aromatic heterocycles. The van der Waals surface area contributed by atoms with Gasteiger partial charge in [0, 0.05) is 5.69 Å². The summed E-state index contributed by atoms with van der Waals surface area (Å²) in [7, 11) is 0. The molecule has 4 aromatic rings. The van der Waals surface area contributed by atoms with Crippen LogP contribution in [0.4, 0.5) is 10.1 Å². The lowest BCUT2D eigenvalue weighted by atomic mass is 9.95. The average molecular weight is 427 g/mol. The molecule has 32 heavy (non-hydrogen) atoms. The van der Waals surface area contributed by atoms with E-state index < -0.39 is 11.9 Å². The second-order valence-corrected chi connectivity index (χ2v) is 8.55. The number of carbonyl (C=O) groups is 1. The minimum Gasteiger partial charge on any atom is -0.450 e. The van der Waals surface area contributed by atoms with Crippen molar-refractivity contribution in [3.8, 4) is 0 Å². The van der Waals surface area contributed by atoms with E-state index in [4.69, 9.17) is 4.42 Å². The lowest BCUT2D eigenvalue weighted by Gasteiger charge is -2.25. The number of fused-ring (bicyclic) bond motifs is 2. The van der Waals surface area contributed by atoms with Gasteiger partial charge in [0.1, 0.15) is 11.4 Å². The van der Waals surface area contributed by atoms with Crippen LogP contribution in [0.2, 0.25) is 0 Å². The molecular formula is C27H22FNO3. The van der Waals surface area contributed by atoms with Gasteiger partial charge in [-0.15, -0.1) is 0 Å². The van der Waals surface area contributed by atoms with Crippen LogP contribution < -0.4 is 10.3 Å². The van der Waals surface area contributed by atoms with Crippen LogP contribution in [0.1, 0.15) is 58.6 Å². The number of aryl methyl sites for hydroxylation is 1. The van der Waals surface area contributed by atoms with Gasteiger partial charge in [0.05, 0.1) is 17.0 Å². The van der Waals surface area contributed by atoms with Gasteiger partial charge in [-0.05, 0) is 54.3 Å². The molecule has 5 rings (SSSR count). The Morgan fingerprint density at radius 2 is 1.62 bits per heavy atom. The summed E-state index contributed by atoms with van der Waals surface area (Å²) in [6.07, 6.45) is 0. The van der Waals surface area contributed by atoms with Crippen molar-refractivity contribution in [1.29, 1.82) is 0 Å². The predicted octanol–water partition coefficient (Wildman–Crippen LogP) is 6.11. The van der Waals surface area contributed by atoms with Crippen LogP contribution >= 0.6 is 0 Å². The Labute approximate surface area is 184 Å². The van der Waals surface area contributed by atoms with E-state index in [0.717, 1.165) is 16.7 Å². The molecular weight excluding hydrogens is 405 g/mol. The second-order valence-electron chi connectivity index (χ2n) is 8.55. The van der Waals surface area contributed by atoms with Crippen LogP contribution in [0.25, 0.3) is 11.0 Å². The van der Waals surface area contributed by atoms with Crippen molar-refractivity contribution in [3.63, 3.8) is 0 Å². The first-order valence-electron chi connectivity index (χ1n) is 10.6. The van der Waals surface area contributed by atoms with Gasteiger partial charge in [0.25, 0.3) is 5.91 Å². The third-order valence-electron chi connectivity index (χ3n) is 6.06. The summed E-state index contributed by atoms with van der Waals surface area (Å²) in [6, 6.07) is 18.6. The maximum absolute atomic E-state index is 13.9. The van der Waals surface area contributed by atoms with Crippen LogP contribution in [0.5, 0.6) is 0 Å². The van der Waals surface area contributed by atoms with Gasteiger partial charge in [-0.2, -0.15) is 0 Å². The average Bonchev–Trinajstić information content (AvgIpc) is 3.07. The number of hydrogen-bond acceptors (Lipinski definition) is 3. The zero-order valence-electron chi connectivity index (χ0n) is 18.1. The Morgan fingerprint density at radius 1 is 0.938 bits per heavy atom. The molecule has 1 atom stereocenters. The molecule has 0 saturated carbocycles. The quantitative estimate of drug-likeness (QED) is 0.396. The van der Waals surface area contributed by atoms with Gasteiger partial charge in [0.15, 0.2) is 5.43 Å². The molecule has 4 nitrogen and oxygen atoms in total. The Balaban J connectivity index is 1.78. The third-order valence-corrected chi connectivity index (χ3v) is 6.06. The zero-order chi connectivity index (χ0) is 22.6. The Bertz CT molecular complexity index is 1400. The molecule has 1 amide bonds. The number of rotatable bonds is 3. The number of nitrogens with zero attached hydrogens (tertiary/aromatic N) is 1. The molecule has 3 aromatic carbocycles. The van der Waals surface area contributed by atoms with Crippen molar-refractivity contribution in [2.75, 3.05) is 4.90 Å². The van der Waals surface area contributed by atoms with Gasteiger partial charge >= 0.3 is 0 Å². The van der Waals surface area contributed by atoms with Crippen LogP contribution in [-0.4, -0.2) is 5.91 Å². The number of hydrogen-bond donors (Lipinski definition) is 0. The Morgan fingerprint density at radius 3 is 2.28 bits per heavy atom. The lowest BCUT2D eigenvalue weighted by molar-refractivity contribution is 0.0971. The van der Waals surface area contributed by atoms with Gasteiger partial charge < -0.3 is 4.42 Å². The van der Waals surface area contributed by atoms with E-state index in [0.29, 0.717) is 11.6 Å². The summed E-state index contributed by atoms with van der Waals surface area (Å²) >= 11 is 0. The van der Waals surface area contributed by atoms with Gasteiger partial charge in [0.2, 0.25) is 5.76 Å². The van der Waals surface area contributed by atoms with Gasteiger partial charge in [-0.3, -0.25) is 14.5 Å². The molecule has 1 aliphatic rings. The maximum Gasteiger partial charge on any atom is 0.295 e. The smallest absolute Gasteiger partial charge is 0.295 e. The number of anilines is 1. The molecule has 0 saturated heterocycles. The topological polar surface area (TPSA) is 50.5 Å². The summed E-state index contributed by atoms with van der Waals surface area (Å²) in [4.78, 5) is 28.6. The predicted molar refractivity (Wildman–Crippen MR) is 123 cm³/mol. The summed E-state index contributed by atoms with van der Waals surface area (Å²) in [6.45, 7) is 6.19. The third kappa shape index (κ3) is 3.12. The molecule has 1 aliphatic heterocycles. The van der Waals surface area contributed by atoms with E-state index in [2.05, 4.69) is 13.8 Å². The van der Waals surface area contributed by atoms with E-state index in [1.165, 1.54) is 18.2 Å². The molecule has 0 N–H and O–H groups in total. The highest BCUT2D eigenvalue weighted by Gasteiger charge is 2.43. The fraction of sp³-hybridized carbons (Fsp3) is 0.185. The van der Waals surface area contributed by atoms with E-state index in [1.54, 1.807) is 4.90 Å². The van der Waals surface area contributed by atoms with Crippen molar-refractivity contribution >= 4 is 22.6 Å². The fourth-order valence-corrected chi connectivity index (χ4v) is 4.30. The Hall–Kier alpha value is -3.73. The largest absolute Gasteiger partial charge is 0.450 e. The number of amides is 1. The highest BCUT2D eigenvalue weighted by Crippen LogP contribution is 2.41. The van der Waals surface area contributed by atoms with Gasteiger partial charge in [-0.1, -0.05) is 55.8 Å². The van der Waals surface area contributed by atoms with Crippen LogP contribution in [-0.2, 0) is 0 Å². The highest BCUT2D eigenvalue weighted by atomic mass is 19.1. The highest BCUT2D eigenvalue weighted by molar-refractivity contribution is 6.10. The monoisotopic (exact) mass is 427 g/mol. The zero-order valence-corrected chi connectivity index (χ0v) is 18.1. The van der Waals surface area contributed by atoms with Crippen molar-refractivity contribution in [1.82, 2.24) is 0 Å². The van der Waals surface area contributed by atoms with Crippen LogP contribution in [0.15, 0.2) is 75.9 Å². The molecule has 160 valence electrons. The van der Waals surface area contributed by atoms with Crippen molar-refractivity contribution in [3.05, 3.63) is 111 Å². The normalized spacial score (nSPS) is 15.6. The first-order valence-corrected chi connectivity index (χ1v) is 10.6. The van der Waals surface area contributed by atoms with E-state index in [9.17, 15) is 14.0 Å². The summed E-state index contributed by atoms with van der Waals surface area (Å²) < 4.78 is 19.8. The van der Waals surface area contributed by atoms with Gasteiger partial charge in [-0.25, -0.2) is 4.39 Å². The lowest BCUT2D eigenvalue weighted by Crippen LogP contribution is -2.29. The van der Waals surface area contributed by atoms with E-state index in [-0.39, 0.29) is 33.6 Å². The van der Waals surface area contributed by atoms with Crippen molar-refractivity contribution in [2.45, 2.75) is 32.7 Å². The molecule has 0 fully saturated rings. The van der Waals surface area contributed by atoms with Crippen molar-refractivity contribution < 1.29 is 13.6 Å². The molecule has 0 radical (unpaired) electrons. The summed E-state index contributed by atoms with van der Waals surface area (Å²) in [5.41, 5.74) is 3.74. The number of carbonyl (C=O) groups excluding carboxylic acids is 1. The molecule has 0 aliphatic carbocycles. The number of halogens is 1. The molecule has 1 unspecified atom stereocenters. The SMILES string of the molecule is Cc1ccc(N2C(=O)c3oc4ccc(F)cc4c(=O)c3C2c2ccc(C(C)C)cc2)cc1.